The lowest BCUT2D eigenvalue weighted by Crippen LogP contribution is -2.27. The van der Waals surface area contributed by atoms with E-state index in [0.29, 0.717) is 26.3 Å². The number of rotatable bonds is 4. The first-order valence-electron chi connectivity index (χ1n) is 8.03. The third kappa shape index (κ3) is 3.39. The van der Waals surface area contributed by atoms with Gasteiger partial charge >= 0.3 is 5.69 Å². The van der Waals surface area contributed by atoms with E-state index in [1.165, 1.54) is 23.1 Å². The van der Waals surface area contributed by atoms with Crippen molar-refractivity contribution in [3.05, 3.63) is 62.5 Å². The lowest BCUT2D eigenvalue weighted by atomic mass is 10.1. The molecule has 1 saturated heterocycles. The number of carbonyl (C=O) groups excluding carboxylic acids is 1. The van der Waals surface area contributed by atoms with Gasteiger partial charge in [-0.25, -0.2) is 0 Å². The molecule has 28 heavy (non-hydrogen) atoms. The predicted molar refractivity (Wildman–Crippen MR) is 106 cm³/mol. The van der Waals surface area contributed by atoms with E-state index in [9.17, 15) is 20.0 Å². The highest BCUT2D eigenvalue weighted by atomic mass is 32.2. The first-order chi connectivity index (χ1) is 13.4. The van der Waals surface area contributed by atoms with Crippen LogP contribution in [0.15, 0.2) is 41.3 Å². The molecule has 0 aliphatic carbocycles. The van der Waals surface area contributed by atoms with Crippen LogP contribution < -0.4 is 9.47 Å². The van der Waals surface area contributed by atoms with Crippen LogP contribution in [0.3, 0.4) is 0 Å². The van der Waals surface area contributed by atoms with E-state index in [1.807, 2.05) is 6.07 Å². The van der Waals surface area contributed by atoms with Gasteiger partial charge < -0.3 is 14.6 Å². The maximum Gasteiger partial charge on any atom is 0.310 e. The van der Waals surface area contributed by atoms with Gasteiger partial charge in [0.2, 0.25) is 6.79 Å². The number of aromatic hydroxyl groups is 1. The molecule has 0 aromatic heterocycles. The third-order valence-corrected chi connectivity index (χ3v) is 5.52. The van der Waals surface area contributed by atoms with Gasteiger partial charge in [0.05, 0.1) is 16.4 Å². The zero-order chi connectivity index (χ0) is 19.8. The number of ether oxygens (including phenoxy) is 2. The molecule has 142 valence electrons. The Balaban J connectivity index is 1.54. The van der Waals surface area contributed by atoms with Crippen LogP contribution in [-0.4, -0.2) is 32.0 Å². The van der Waals surface area contributed by atoms with Crippen LogP contribution in [0.25, 0.3) is 6.08 Å². The smallest absolute Gasteiger partial charge is 0.310 e. The van der Waals surface area contributed by atoms with Crippen molar-refractivity contribution >= 4 is 46.0 Å². The highest BCUT2D eigenvalue weighted by Crippen LogP contribution is 2.37. The number of phenolic OH excluding ortho intramolecular Hbond substituents is 1. The number of thiocarbonyl (C=S) groups is 1. The maximum atomic E-state index is 12.7. The summed E-state index contributed by atoms with van der Waals surface area (Å²) in [5, 5.41) is 20.5. The molecule has 10 heteroatoms. The van der Waals surface area contributed by atoms with Gasteiger partial charge in [0, 0.05) is 6.07 Å². The highest BCUT2D eigenvalue weighted by Gasteiger charge is 2.32. The molecule has 0 atom stereocenters. The summed E-state index contributed by atoms with van der Waals surface area (Å²) in [7, 11) is 0. The molecule has 0 saturated carbocycles. The zero-order valence-corrected chi connectivity index (χ0v) is 15.8. The van der Waals surface area contributed by atoms with Crippen molar-refractivity contribution in [2.24, 2.45) is 0 Å². The Morgan fingerprint density at radius 3 is 2.79 bits per heavy atom. The molecule has 8 nitrogen and oxygen atoms in total. The fourth-order valence-corrected chi connectivity index (χ4v) is 4.05. The first kappa shape index (κ1) is 18.3. The zero-order valence-electron chi connectivity index (χ0n) is 14.2. The Kier molecular flexibility index (Phi) is 4.65. The van der Waals surface area contributed by atoms with Gasteiger partial charge in [-0.1, -0.05) is 30.0 Å². The summed E-state index contributed by atoms with van der Waals surface area (Å²) in [4.78, 5) is 24.7. The van der Waals surface area contributed by atoms with Crippen molar-refractivity contribution in [2.75, 3.05) is 6.79 Å². The van der Waals surface area contributed by atoms with E-state index in [2.05, 4.69) is 0 Å². The van der Waals surface area contributed by atoms with Gasteiger partial charge in [-0.15, -0.1) is 0 Å². The van der Waals surface area contributed by atoms with E-state index >= 15 is 0 Å². The summed E-state index contributed by atoms with van der Waals surface area (Å²) in [5.74, 6) is 0.548. The minimum atomic E-state index is -0.677. The number of hydrogen-bond acceptors (Lipinski definition) is 8. The Labute approximate surface area is 168 Å². The Morgan fingerprint density at radius 2 is 2.04 bits per heavy atom. The topological polar surface area (TPSA) is 102 Å². The number of nitro benzene ring substituents is 1. The molecule has 2 aliphatic rings. The van der Waals surface area contributed by atoms with Gasteiger partial charge in [-0.3, -0.25) is 19.8 Å². The number of benzene rings is 2. The molecule has 0 radical (unpaired) electrons. The normalized spacial score (nSPS) is 16.9. The van der Waals surface area contributed by atoms with Crippen LogP contribution in [0.5, 0.6) is 17.2 Å². The van der Waals surface area contributed by atoms with E-state index in [4.69, 9.17) is 21.7 Å². The Hall–Kier alpha value is -3.11. The van der Waals surface area contributed by atoms with Crippen LogP contribution in [-0.2, 0) is 11.3 Å². The van der Waals surface area contributed by atoms with Gasteiger partial charge in [0.25, 0.3) is 5.91 Å². The lowest BCUT2D eigenvalue weighted by Gasteiger charge is -2.14. The number of nitrogens with zero attached hydrogens (tertiary/aromatic N) is 2. The fraction of sp³-hybridized carbons (Fsp3) is 0.111. The van der Waals surface area contributed by atoms with Crippen molar-refractivity contribution in [2.45, 2.75) is 6.54 Å². The monoisotopic (exact) mass is 416 g/mol. The van der Waals surface area contributed by atoms with Crippen LogP contribution >= 0.6 is 24.0 Å². The number of hydrogen-bond donors (Lipinski definition) is 1. The number of thioether (sulfide) groups is 1. The number of phenols is 1. The first-order valence-corrected chi connectivity index (χ1v) is 9.26. The maximum absolute atomic E-state index is 12.7. The summed E-state index contributed by atoms with van der Waals surface area (Å²) in [6.45, 7) is 0.453. The van der Waals surface area contributed by atoms with Gasteiger partial charge in [0.1, 0.15) is 4.32 Å². The Bertz CT molecular complexity index is 1050. The van der Waals surface area contributed by atoms with Gasteiger partial charge in [-0.05, 0) is 41.5 Å². The highest BCUT2D eigenvalue weighted by molar-refractivity contribution is 8.26. The number of fused-ring (bicyclic) bond motifs is 1. The van der Waals surface area contributed by atoms with E-state index in [1.54, 1.807) is 18.2 Å². The van der Waals surface area contributed by atoms with E-state index in [-0.39, 0.29) is 19.2 Å². The second-order valence-electron chi connectivity index (χ2n) is 5.96. The van der Waals surface area contributed by atoms with Gasteiger partial charge in [0.15, 0.2) is 17.2 Å². The van der Waals surface area contributed by atoms with Crippen molar-refractivity contribution in [1.82, 2.24) is 4.90 Å². The van der Waals surface area contributed by atoms with Crippen LogP contribution in [0, 0.1) is 10.1 Å². The predicted octanol–water partition coefficient (Wildman–Crippen LogP) is 3.43. The molecule has 0 unspecified atom stereocenters. The number of nitro groups is 1. The minimum absolute atomic E-state index is 0.171. The fourth-order valence-electron chi connectivity index (χ4n) is 2.79. The minimum Gasteiger partial charge on any atom is -0.502 e. The summed E-state index contributed by atoms with van der Waals surface area (Å²) >= 11 is 6.46. The van der Waals surface area contributed by atoms with Crippen molar-refractivity contribution in [3.63, 3.8) is 0 Å². The molecular weight excluding hydrogens is 404 g/mol. The van der Waals surface area contributed by atoms with Crippen LogP contribution in [0.4, 0.5) is 5.69 Å². The standard InChI is InChI=1S/C18H12N2O6S2/c21-13-5-10(1-3-12(13)20(23)24)7-16-17(22)19(18(27)28-16)8-11-2-4-14-15(6-11)26-9-25-14/h1-7,21H,8-9H2. The molecular formula is C18H12N2O6S2. The van der Waals surface area contributed by atoms with Crippen LogP contribution in [0.1, 0.15) is 11.1 Å². The summed E-state index contributed by atoms with van der Waals surface area (Å²) in [5.41, 5.74) is 0.911. The average Bonchev–Trinajstić information content (AvgIpc) is 3.21. The number of amides is 1. The molecule has 1 fully saturated rings. The molecule has 2 aromatic rings. The molecule has 0 bridgehead atoms. The van der Waals surface area contributed by atoms with Crippen molar-refractivity contribution in [1.29, 1.82) is 0 Å². The average molecular weight is 416 g/mol. The molecule has 1 N–H and O–H groups in total. The SMILES string of the molecule is O=C1C(=Cc2ccc([N+](=O)[O-])c(O)c2)SC(=S)N1Cc1ccc2c(c1)OCO2. The largest absolute Gasteiger partial charge is 0.502 e. The molecule has 0 spiro atoms. The molecule has 2 heterocycles. The molecule has 1 amide bonds. The Morgan fingerprint density at radius 1 is 1.25 bits per heavy atom. The summed E-state index contributed by atoms with van der Waals surface area (Å²) < 4.78 is 11.0. The molecule has 4 rings (SSSR count). The van der Waals surface area contributed by atoms with Crippen molar-refractivity contribution < 1.29 is 24.3 Å². The van der Waals surface area contributed by atoms with Crippen LogP contribution in [0.2, 0.25) is 0 Å². The molecule has 2 aromatic carbocycles. The quantitative estimate of drug-likeness (QED) is 0.350. The van der Waals surface area contributed by atoms with E-state index in [0.717, 1.165) is 17.3 Å². The molecule has 2 aliphatic heterocycles. The summed E-state index contributed by atoms with van der Waals surface area (Å²) in [6.07, 6.45) is 1.54. The van der Waals surface area contributed by atoms with E-state index < -0.39 is 16.4 Å². The van der Waals surface area contributed by atoms with Gasteiger partial charge in [-0.2, -0.15) is 0 Å². The second-order valence-corrected chi connectivity index (χ2v) is 7.64. The lowest BCUT2D eigenvalue weighted by molar-refractivity contribution is -0.385. The summed E-state index contributed by atoms with van der Waals surface area (Å²) in [6, 6.07) is 9.31. The number of carbonyl (C=O) groups is 1. The van der Waals surface area contributed by atoms with Crippen molar-refractivity contribution in [3.8, 4) is 17.2 Å². The second kappa shape index (κ2) is 7.13. The third-order valence-electron chi connectivity index (χ3n) is 4.15.